The molecule has 0 fully saturated rings. The summed E-state index contributed by atoms with van der Waals surface area (Å²) in [5, 5.41) is 1.66. The Labute approximate surface area is 149 Å². The van der Waals surface area contributed by atoms with Gasteiger partial charge in [0.15, 0.2) is 0 Å². The van der Waals surface area contributed by atoms with Gasteiger partial charge in [-0.15, -0.1) is 0 Å². The van der Waals surface area contributed by atoms with Gasteiger partial charge in [-0.2, -0.15) is 13.2 Å². The molecule has 9 heteroatoms. The molecule has 0 unspecified atom stereocenters. The largest absolute Gasteiger partial charge is 0.471 e. The van der Waals surface area contributed by atoms with Crippen LogP contribution in [-0.2, 0) is 14.8 Å². The Morgan fingerprint density at radius 2 is 1.46 bits per heavy atom. The summed E-state index contributed by atoms with van der Waals surface area (Å²) < 4.78 is 64.2. The zero-order valence-electron chi connectivity index (χ0n) is 14.2. The molecular formula is C17H17F3N2O3S. The molecule has 0 saturated carbocycles. The Bertz CT molecular complexity index is 914. The summed E-state index contributed by atoms with van der Waals surface area (Å²) in [6, 6.07) is 8.09. The highest BCUT2D eigenvalue weighted by Crippen LogP contribution is 2.26. The maximum atomic E-state index is 12.5. The molecule has 2 N–H and O–H groups in total. The number of benzene rings is 2. The number of hydrogen-bond acceptors (Lipinski definition) is 3. The van der Waals surface area contributed by atoms with Crippen LogP contribution in [0.1, 0.15) is 16.7 Å². The highest BCUT2D eigenvalue weighted by Gasteiger charge is 2.38. The number of rotatable bonds is 4. The quantitative estimate of drug-likeness (QED) is 0.837. The molecule has 0 aliphatic carbocycles. The third-order valence-electron chi connectivity index (χ3n) is 3.59. The van der Waals surface area contributed by atoms with Gasteiger partial charge in [-0.1, -0.05) is 17.7 Å². The molecule has 0 atom stereocenters. The van der Waals surface area contributed by atoms with E-state index in [1.54, 1.807) is 19.2 Å². The van der Waals surface area contributed by atoms with E-state index >= 15 is 0 Å². The summed E-state index contributed by atoms with van der Waals surface area (Å²) in [6.07, 6.45) is -5.02. The summed E-state index contributed by atoms with van der Waals surface area (Å²) in [5.74, 6) is -2.13. The van der Waals surface area contributed by atoms with E-state index in [2.05, 4.69) is 4.72 Å². The van der Waals surface area contributed by atoms with Gasteiger partial charge in [0.25, 0.3) is 10.0 Å². The minimum Gasteiger partial charge on any atom is -0.318 e. The van der Waals surface area contributed by atoms with E-state index in [4.69, 9.17) is 0 Å². The summed E-state index contributed by atoms with van der Waals surface area (Å²) in [4.78, 5) is 10.8. The van der Waals surface area contributed by atoms with E-state index in [9.17, 15) is 26.4 Å². The van der Waals surface area contributed by atoms with Gasteiger partial charge < -0.3 is 5.32 Å². The maximum Gasteiger partial charge on any atom is 0.471 e. The molecule has 1 amide bonds. The van der Waals surface area contributed by atoms with Crippen molar-refractivity contribution in [3.63, 3.8) is 0 Å². The molecule has 0 aliphatic rings. The third kappa shape index (κ3) is 4.54. The molecule has 0 saturated heterocycles. The van der Waals surface area contributed by atoms with Crippen molar-refractivity contribution in [1.29, 1.82) is 0 Å². The summed E-state index contributed by atoms with van der Waals surface area (Å²) in [5.41, 5.74) is 2.78. The lowest BCUT2D eigenvalue weighted by atomic mass is 10.1. The third-order valence-corrected chi connectivity index (χ3v) is 4.96. The smallest absolute Gasteiger partial charge is 0.318 e. The highest BCUT2D eigenvalue weighted by molar-refractivity contribution is 7.92. The van der Waals surface area contributed by atoms with E-state index in [1.165, 1.54) is 0 Å². The first kappa shape index (κ1) is 19.8. The van der Waals surface area contributed by atoms with Crippen LogP contribution in [0, 0.1) is 20.8 Å². The van der Waals surface area contributed by atoms with Gasteiger partial charge in [-0.3, -0.25) is 9.52 Å². The second-order valence-corrected chi connectivity index (χ2v) is 7.54. The number of hydrogen-bond donors (Lipinski definition) is 2. The lowest BCUT2D eigenvalue weighted by molar-refractivity contribution is -0.167. The molecule has 0 bridgehead atoms. The van der Waals surface area contributed by atoms with Gasteiger partial charge in [-0.25, -0.2) is 8.42 Å². The minimum absolute atomic E-state index is 0.137. The second-order valence-electron chi connectivity index (χ2n) is 5.86. The molecule has 0 aromatic heterocycles. The van der Waals surface area contributed by atoms with Gasteiger partial charge in [0.05, 0.1) is 10.6 Å². The summed E-state index contributed by atoms with van der Waals surface area (Å²) in [6.45, 7) is 5.44. The van der Waals surface area contributed by atoms with Crippen LogP contribution >= 0.6 is 0 Å². The van der Waals surface area contributed by atoms with E-state index in [0.717, 1.165) is 41.0 Å². The number of amides is 1. The lowest BCUT2D eigenvalue weighted by Crippen LogP contribution is -2.29. The molecule has 0 heterocycles. The maximum absolute atomic E-state index is 12.5. The zero-order valence-corrected chi connectivity index (χ0v) is 15.0. The number of alkyl halides is 3. The molecule has 2 rings (SSSR count). The van der Waals surface area contributed by atoms with Crippen LogP contribution in [0.25, 0.3) is 0 Å². The van der Waals surface area contributed by atoms with Crippen molar-refractivity contribution >= 4 is 27.3 Å². The Kier molecular flexibility index (Phi) is 5.31. The average Bonchev–Trinajstić information content (AvgIpc) is 2.50. The molecule has 2 aromatic carbocycles. The van der Waals surface area contributed by atoms with Crippen LogP contribution < -0.4 is 10.0 Å². The molecule has 5 nitrogen and oxygen atoms in total. The SMILES string of the molecule is Cc1cc(C)c(NS(=O)(=O)c2ccc(NC(=O)C(F)(F)F)cc2)c(C)c1. The first-order valence-corrected chi connectivity index (χ1v) is 8.97. The molecule has 0 aliphatic heterocycles. The van der Waals surface area contributed by atoms with E-state index in [0.29, 0.717) is 5.69 Å². The van der Waals surface area contributed by atoms with E-state index < -0.39 is 22.1 Å². The number of carbonyl (C=O) groups excluding carboxylic acids is 1. The van der Waals surface area contributed by atoms with E-state index in [1.807, 2.05) is 19.1 Å². The van der Waals surface area contributed by atoms with Crippen molar-refractivity contribution in [1.82, 2.24) is 0 Å². The van der Waals surface area contributed by atoms with E-state index in [-0.39, 0.29) is 10.6 Å². The van der Waals surface area contributed by atoms with Crippen LogP contribution in [-0.4, -0.2) is 20.5 Å². The van der Waals surface area contributed by atoms with Crippen LogP contribution in [0.3, 0.4) is 0 Å². The zero-order chi connectivity index (χ0) is 19.7. The number of nitrogens with one attached hydrogen (secondary N) is 2. The van der Waals surface area contributed by atoms with Crippen molar-refractivity contribution in [2.75, 3.05) is 10.0 Å². The fourth-order valence-electron chi connectivity index (χ4n) is 2.45. The monoisotopic (exact) mass is 386 g/mol. The Morgan fingerprint density at radius 1 is 0.962 bits per heavy atom. The van der Waals surface area contributed by atoms with Gasteiger partial charge in [0, 0.05) is 5.69 Å². The first-order chi connectivity index (χ1) is 11.9. The molecule has 0 spiro atoms. The first-order valence-electron chi connectivity index (χ1n) is 7.49. The molecular weight excluding hydrogens is 369 g/mol. The highest BCUT2D eigenvalue weighted by atomic mass is 32.2. The van der Waals surface area contributed by atoms with Crippen LogP contribution in [0.4, 0.5) is 24.5 Å². The summed E-state index contributed by atoms with van der Waals surface area (Å²) >= 11 is 0. The summed E-state index contributed by atoms with van der Waals surface area (Å²) in [7, 11) is -3.93. The van der Waals surface area contributed by atoms with Crippen LogP contribution in [0.15, 0.2) is 41.3 Å². The standard InChI is InChI=1S/C17H17F3N2O3S/c1-10-8-11(2)15(12(3)9-10)22-26(24,25)14-6-4-13(5-7-14)21-16(23)17(18,19)20/h4-9,22H,1-3H3,(H,21,23). The fraction of sp³-hybridized carbons (Fsp3) is 0.235. The Hall–Kier alpha value is -2.55. The lowest BCUT2D eigenvalue weighted by Gasteiger charge is -2.14. The van der Waals surface area contributed by atoms with Crippen molar-refractivity contribution < 1.29 is 26.4 Å². The number of halogens is 3. The minimum atomic E-state index is -5.02. The van der Waals surface area contributed by atoms with Gasteiger partial charge in [-0.05, 0) is 56.2 Å². The topological polar surface area (TPSA) is 75.3 Å². The molecule has 0 radical (unpaired) electrons. The Balaban J connectivity index is 2.24. The van der Waals surface area contributed by atoms with Gasteiger partial charge in [0.2, 0.25) is 0 Å². The van der Waals surface area contributed by atoms with Gasteiger partial charge >= 0.3 is 12.1 Å². The number of aryl methyl sites for hydroxylation is 3. The second kappa shape index (κ2) is 6.99. The van der Waals surface area contributed by atoms with Crippen LogP contribution in [0.5, 0.6) is 0 Å². The average molecular weight is 386 g/mol. The number of sulfonamides is 1. The predicted molar refractivity (Wildman–Crippen MR) is 92.6 cm³/mol. The predicted octanol–water partition coefficient (Wildman–Crippen LogP) is 3.91. The molecule has 2 aromatic rings. The van der Waals surface area contributed by atoms with Crippen molar-refractivity contribution in [3.05, 3.63) is 53.1 Å². The number of anilines is 2. The fourth-order valence-corrected chi connectivity index (χ4v) is 3.66. The Morgan fingerprint density at radius 3 is 1.92 bits per heavy atom. The normalized spacial score (nSPS) is 11.9. The molecule has 26 heavy (non-hydrogen) atoms. The van der Waals surface area contributed by atoms with Gasteiger partial charge in [0.1, 0.15) is 0 Å². The van der Waals surface area contributed by atoms with Crippen molar-refractivity contribution in [2.45, 2.75) is 31.8 Å². The van der Waals surface area contributed by atoms with Crippen molar-refractivity contribution in [3.8, 4) is 0 Å². The molecule has 140 valence electrons. The van der Waals surface area contributed by atoms with Crippen molar-refractivity contribution in [2.24, 2.45) is 0 Å². The van der Waals surface area contributed by atoms with Crippen LogP contribution in [0.2, 0.25) is 0 Å². The number of carbonyl (C=O) groups is 1.